The second-order valence-corrected chi connectivity index (χ2v) is 10.8. The van der Waals surface area contributed by atoms with Crippen molar-refractivity contribution in [2.75, 3.05) is 19.5 Å². The van der Waals surface area contributed by atoms with Gasteiger partial charge in [-0.15, -0.1) is 23.1 Å². The summed E-state index contributed by atoms with van der Waals surface area (Å²) in [7, 11) is 0. The first-order chi connectivity index (χ1) is 15.7. The minimum atomic E-state index is -0.0243. The highest BCUT2D eigenvalue weighted by molar-refractivity contribution is 7.98. The van der Waals surface area contributed by atoms with Crippen LogP contribution in [0.2, 0.25) is 0 Å². The van der Waals surface area contributed by atoms with Gasteiger partial charge in [-0.2, -0.15) is 0 Å². The summed E-state index contributed by atoms with van der Waals surface area (Å²) in [6.45, 7) is 1.33. The quantitative estimate of drug-likeness (QED) is 0.514. The fourth-order valence-corrected chi connectivity index (χ4v) is 6.16. The molecule has 1 aromatic carbocycles. The number of carbonyl (C=O) groups excluding carboxylic acids is 1. The fraction of sp³-hybridized carbons (Fsp3) is 0.500. The Morgan fingerprint density at radius 2 is 2.00 bits per heavy atom. The Bertz CT molecular complexity index is 1080. The Morgan fingerprint density at radius 1 is 1.19 bits per heavy atom. The minimum Gasteiger partial charge on any atom is -0.379 e. The molecule has 2 aliphatic rings. The monoisotopic (exact) mass is 468 g/mol. The molecule has 1 aliphatic carbocycles. The van der Waals surface area contributed by atoms with E-state index in [9.17, 15) is 4.79 Å². The summed E-state index contributed by atoms with van der Waals surface area (Å²) in [5.74, 6) is 2.26. The second-order valence-electron chi connectivity index (χ2n) is 8.82. The molecule has 3 atom stereocenters. The standard InChI is InChI=1S/C24H28N4O2S2/c1-31-19-12-25-22(26-13-19)9-15-2-3-16(8-15)10-23-28-20-5-4-17(11-21(20)32-23)24(29)27-18-6-7-30-14-18/h4-5,11-13,15-16,18H,2-3,6-10,14H2,1H3,(H,27,29)/t15-,16-,18?/m0/s1. The van der Waals surface area contributed by atoms with Gasteiger partial charge < -0.3 is 10.1 Å². The van der Waals surface area contributed by atoms with E-state index in [0.717, 1.165) is 46.8 Å². The van der Waals surface area contributed by atoms with E-state index in [4.69, 9.17) is 9.72 Å². The van der Waals surface area contributed by atoms with Crippen molar-refractivity contribution in [1.29, 1.82) is 0 Å². The molecule has 3 heterocycles. The molecule has 168 valence electrons. The molecule has 32 heavy (non-hydrogen) atoms. The van der Waals surface area contributed by atoms with Gasteiger partial charge in [0.25, 0.3) is 5.91 Å². The largest absolute Gasteiger partial charge is 0.379 e. The van der Waals surface area contributed by atoms with Crippen LogP contribution in [0.25, 0.3) is 10.2 Å². The number of ether oxygens (including phenoxy) is 1. The Hall–Kier alpha value is -2.03. The lowest BCUT2D eigenvalue weighted by Gasteiger charge is -2.10. The minimum absolute atomic E-state index is 0.0243. The van der Waals surface area contributed by atoms with Crippen molar-refractivity contribution in [2.45, 2.75) is 49.5 Å². The van der Waals surface area contributed by atoms with Crippen LogP contribution in [0.15, 0.2) is 35.5 Å². The van der Waals surface area contributed by atoms with Crippen LogP contribution in [0.1, 0.15) is 46.9 Å². The third-order valence-corrected chi connectivity index (χ3v) is 8.18. The van der Waals surface area contributed by atoms with E-state index in [2.05, 4.69) is 15.3 Å². The highest BCUT2D eigenvalue weighted by Gasteiger charge is 2.27. The normalized spacial score (nSPS) is 23.1. The van der Waals surface area contributed by atoms with E-state index in [1.807, 2.05) is 36.8 Å². The molecule has 8 heteroatoms. The number of fused-ring (bicyclic) bond motifs is 1. The topological polar surface area (TPSA) is 77.0 Å². The summed E-state index contributed by atoms with van der Waals surface area (Å²) in [4.78, 5) is 27.6. The SMILES string of the molecule is CSc1cnc(C[C@H]2CC[C@H](Cc3nc4ccc(C(=O)NC5CCOC5)cc4s3)C2)nc1. The van der Waals surface area contributed by atoms with Gasteiger partial charge in [0.15, 0.2) is 0 Å². The lowest BCUT2D eigenvalue weighted by atomic mass is 9.99. The maximum atomic E-state index is 12.6. The highest BCUT2D eigenvalue weighted by Crippen LogP contribution is 2.36. The second kappa shape index (κ2) is 9.85. The van der Waals surface area contributed by atoms with E-state index < -0.39 is 0 Å². The zero-order valence-electron chi connectivity index (χ0n) is 18.3. The van der Waals surface area contributed by atoms with Crippen LogP contribution < -0.4 is 5.32 Å². The van der Waals surface area contributed by atoms with Crippen LogP contribution >= 0.6 is 23.1 Å². The van der Waals surface area contributed by atoms with Gasteiger partial charge in [-0.3, -0.25) is 4.79 Å². The van der Waals surface area contributed by atoms with Crippen molar-refractivity contribution >= 4 is 39.2 Å². The summed E-state index contributed by atoms with van der Waals surface area (Å²) in [5, 5.41) is 4.24. The third-order valence-electron chi connectivity index (χ3n) is 6.46. The fourth-order valence-electron chi connectivity index (χ4n) is 4.73. The van der Waals surface area contributed by atoms with Gasteiger partial charge in [0.1, 0.15) is 5.82 Å². The molecule has 0 spiro atoms. The van der Waals surface area contributed by atoms with Crippen LogP contribution in [-0.4, -0.2) is 46.4 Å². The Morgan fingerprint density at radius 3 is 2.75 bits per heavy atom. The lowest BCUT2D eigenvalue weighted by Crippen LogP contribution is -2.34. The Kier molecular flexibility index (Phi) is 6.71. The Labute approximate surface area is 196 Å². The van der Waals surface area contributed by atoms with Gasteiger partial charge in [0.05, 0.1) is 27.9 Å². The highest BCUT2D eigenvalue weighted by atomic mass is 32.2. The number of rotatable bonds is 7. The lowest BCUT2D eigenvalue weighted by molar-refractivity contribution is 0.0930. The number of nitrogens with zero attached hydrogens (tertiary/aromatic N) is 3. The maximum absolute atomic E-state index is 12.6. The molecule has 6 nitrogen and oxygen atoms in total. The average molecular weight is 469 g/mol. The number of carbonyl (C=O) groups is 1. The van der Waals surface area contributed by atoms with Crippen molar-refractivity contribution in [3.63, 3.8) is 0 Å². The van der Waals surface area contributed by atoms with Gasteiger partial charge in [0.2, 0.25) is 0 Å². The van der Waals surface area contributed by atoms with Gasteiger partial charge in [-0.25, -0.2) is 15.0 Å². The molecule has 1 saturated carbocycles. The summed E-state index contributed by atoms with van der Waals surface area (Å²) in [5.41, 5.74) is 1.69. The first-order valence-corrected chi connectivity index (χ1v) is 13.3. The molecule has 5 rings (SSSR count). The maximum Gasteiger partial charge on any atom is 0.251 e. The Balaban J connectivity index is 1.18. The zero-order valence-corrected chi connectivity index (χ0v) is 19.9. The number of thioether (sulfide) groups is 1. The van der Waals surface area contributed by atoms with Gasteiger partial charge in [-0.05, 0) is 62.0 Å². The van der Waals surface area contributed by atoms with Crippen molar-refractivity contribution in [1.82, 2.24) is 20.3 Å². The molecule has 2 fully saturated rings. The molecule has 3 aromatic rings. The van der Waals surface area contributed by atoms with Crippen molar-refractivity contribution in [2.24, 2.45) is 11.8 Å². The first kappa shape index (κ1) is 21.8. The molecule has 2 aromatic heterocycles. The molecular formula is C24H28N4O2S2. The molecular weight excluding hydrogens is 440 g/mol. The van der Waals surface area contributed by atoms with Gasteiger partial charge >= 0.3 is 0 Å². The molecule has 1 amide bonds. The molecule has 1 unspecified atom stereocenters. The number of amides is 1. The van der Waals surface area contributed by atoms with E-state index in [1.165, 1.54) is 24.3 Å². The molecule has 0 bridgehead atoms. The number of hydrogen-bond acceptors (Lipinski definition) is 7. The summed E-state index contributed by atoms with van der Waals surface area (Å²) in [6, 6.07) is 5.96. The summed E-state index contributed by atoms with van der Waals surface area (Å²) < 4.78 is 6.44. The van der Waals surface area contributed by atoms with Crippen LogP contribution in [-0.2, 0) is 17.6 Å². The molecule has 1 saturated heterocycles. The predicted octanol–water partition coefficient (Wildman–Crippen LogP) is 4.53. The van der Waals surface area contributed by atoms with Crippen molar-refractivity contribution in [3.8, 4) is 0 Å². The zero-order chi connectivity index (χ0) is 21.9. The number of nitrogens with one attached hydrogen (secondary N) is 1. The van der Waals surface area contributed by atoms with Crippen molar-refractivity contribution < 1.29 is 9.53 Å². The smallest absolute Gasteiger partial charge is 0.251 e. The van der Waals surface area contributed by atoms with Crippen LogP contribution in [0.5, 0.6) is 0 Å². The number of aromatic nitrogens is 3. The number of thiazole rings is 1. The van der Waals surface area contributed by atoms with Crippen LogP contribution in [0.3, 0.4) is 0 Å². The number of benzene rings is 1. The van der Waals surface area contributed by atoms with Gasteiger partial charge in [0, 0.05) is 42.3 Å². The summed E-state index contributed by atoms with van der Waals surface area (Å²) >= 11 is 3.40. The molecule has 1 aliphatic heterocycles. The van der Waals surface area contributed by atoms with Gasteiger partial charge in [-0.1, -0.05) is 0 Å². The molecule has 1 N–H and O–H groups in total. The van der Waals surface area contributed by atoms with E-state index >= 15 is 0 Å². The van der Waals surface area contributed by atoms with Crippen molar-refractivity contribution in [3.05, 3.63) is 47.0 Å². The first-order valence-electron chi connectivity index (χ1n) is 11.3. The summed E-state index contributed by atoms with van der Waals surface area (Å²) in [6.07, 6.45) is 12.4. The van der Waals surface area contributed by atoms with E-state index in [-0.39, 0.29) is 11.9 Å². The number of hydrogen-bond donors (Lipinski definition) is 1. The van der Waals surface area contributed by atoms with Crippen LogP contribution in [0.4, 0.5) is 0 Å². The van der Waals surface area contributed by atoms with Crippen LogP contribution in [0, 0.1) is 11.8 Å². The predicted molar refractivity (Wildman–Crippen MR) is 128 cm³/mol. The average Bonchev–Trinajstić information content (AvgIpc) is 3.55. The van der Waals surface area contributed by atoms with E-state index in [0.29, 0.717) is 24.0 Å². The van der Waals surface area contributed by atoms with E-state index in [1.54, 1.807) is 23.1 Å². The molecule has 0 radical (unpaired) electrons. The third kappa shape index (κ3) is 5.13.